The van der Waals surface area contributed by atoms with Gasteiger partial charge >= 0.3 is 17.9 Å². The van der Waals surface area contributed by atoms with Crippen molar-refractivity contribution < 1.29 is 42.9 Å². The van der Waals surface area contributed by atoms with Crippen molar-refractivity contribution >= 4 is 17.9 Å². The van der Waals surface area contributed by atoms with Crippen LogP contribution in [0.15, 0.2) is 85.1 Å². The largest absolute Gasteiger partial charge is 0.477 e. The van der Waals surface area contributed by atoms with Gasteiger partial charge in [0, 0.05) is 12.8 Å². The lowest BCUT2D eigenvalue weighted by molar-refractivity contribution is -0.870. The van der Waals surface area contributed by atoms with Gasteiger partial charge in [0.05, 0.1) is 34.4 Å². The number of carbonyl (C=O) groups is 3. The summed E-state index contributed by atoms with van der Waals surface area (Å²) in [5.74, 6) is -2.03. The van der Waals surface area contributed by atoms with Gasteiger partial charge in [-0.15, -0.1) is 0 Å². The van der Waals surface area contributed by atoms with Crippen molar-refractivity contribution in [2.24, 2.45) is 0 Å². The number of esters is 2. The van der Waals surface area contributed by atoms with Gasteiger partial charge in [0.15, 0.2) is 6.10 Å². The Balaban J connectivity index is 4.24. The number of ether oxygens (including phenoxy) is 4. The monoisotopic (exact) mass is 967 g/mol. The van der Waals surface area contributed by atoms with E-state index < -0.39 is 24.3 Å². The molecule has 0 aliphatic heterocycles. The van der Waals surface area contributed by atoms with Gasteiger partial charge in [-0.3, -0.25) is 9.59 Å². The molecule has 0 saturated carbocycles. The number of rotatable bonds is 50. The Kier molecular flexibility index (Phi) is 48.2. The third-order valence-electron chi connectivity index (χ3n) is 11.6. The third kappa shape index (κ3) is 52.1. The first kappa shape index (κ1) is 65.5. The predicted molar refractivity (Wildman–Crippen MR) is 290 cm³/mol. The van der Waals surface area contributed by atoms with E-state index in [0.29, 0.717) is 17.4 Å². The normalized spacial score (nSPS) is 13.5. The highest BCUT2D eigenvalue weighted by atomic mass is 16.7. The van der Waals surface area contributed by atoms with Crippen molar-refractivity contribution in [3.05, 3.63) is 85.1 Å². The molecule has 2 atom stereocenters. The Morgan fingerprint density at radius 3 is 1.23 bits per heavy atom. The first-order valence-corrected chi connectivity index (χ1v) is 27.8. The molecule has 0 aliphatic carbocycles. The minimum absolute atomic E-state index is 0.182. The zero-order valence-corrected chi connectivity index (χ0v) is 44.9. The number of aliphatic carboxylic acids is 1. The molecule has 0 bridgehead atoms. The van der Waals surface area contributed by atoms with Gasteiger partial charge in [0.1, 0.15) is 13.2 Å². The van der Waals surface area contributed by atoms with Crippen LogP contribution in [-0.4, -0.2) is 87.4 Å². The van der Waals surface area contributed by atoms with Crippen LogP contribution in [0, 0.1) is 0 Å². The van der Waals surface area contributed by atoms with Crippen LogP contribution in [0.4, 0.5) is 0 Å². The highest BCUT2D eigenvalue weighted by molar-refractivity contribution is 5.71. The van der Waals surface area contributed by atoms with Crippen molar-refractivity contribution in [2.75, 3.05) is 47.5 Å². The molecule has 9 heteroatoms. The number of nitrogens with zero attached hydrogens (tertiary/aromatic N) is 1. The number of likely N-dealkylation sites (N-methyl/N-ethyl adjacent to an activating group) is 1. The topological polar surface area (TPSA) is 108 Å². The van der Waals surface area contributed by atoms with E-state index in [9.17, 15) is 19.5 Å². The maximum absolute atomic E-state index is 12.9. The average Bonchev–Trinajstić information content (AvgIpc) is 3.31. The molecule has 396 valence electrons. The number of quaternary nitrogens is 1. The predicted octanol–water partition coefficient (Wildman–Crippen LogP) is 16.0. The molecule has 2 unspecified atom stereocenters. The number of carbonyl (C=O) groups excluding carboxylic acids is 2. The average molecular weight is 967 g/mol. The molecule has 0 spiro atoms. The van der Waals surface area contributed by atoms with E-state index in [1.54, 1.807) is 0 Å². The van der Waals surface area contributed by atoms with Gasteiger partial charge in [0.25, 0.3) is 6.29 Å². The highest BCUT2D eigenvalue weighted by Gasteiger charge is 2.25. The van der Waals surface area contributed by atoms with Gasteiger partial charge in [0.2, 0.25) is 0 Å². The molecular weight excluding hydrogens is 863 g/mol. The lowest BCUT2D eigenvalue weighted by atomic mass is 10.0. The van der Waals surface area contributed by atoms with E-state index in [2.05, 4.69) is 98.9 Å². The Labute approximate surface area is 423 Å². The van der Waals surface area contributed by atoms with Crippen molar-refractivity contribution in [3.8, 4) is 0 Å². The minimum Gasteiger partial charge on any atom is -0.477 e. The maximum atomic E-state index is 12.9. The second-order valence-electron chi connectivity index (χ2n) is 19.5. The molecule has 0 rings (SSSR count). The molecule has 0 aromatic carbocycles. The minimum atomic E-state index is -1.52. The van der Waals surface area contributed by atoms with E-state index in [0.717, 1.165) is 96.3 Å². The molecular formula is C60H104NO8+. The summed E-state index contributed by atoms with van der Waals surface area (Å²) in [6.07, 6.45) is 63.7. The van der Waals surface area contributed by atoms with Crippen molar-refractivity contribution in [1.82, 2.24) is 0 Å². The van der Waals surface area contributed by atoms with E-state index in [-0.39, 0.29) is 38.6 Å². The van der Waals surface area contributed by atoms with E-state index in [1.165, 1.54) is 89.9 Å². The highest BCUT2D eigenvalue weighted by Crippen LogP contribution is 2.15. The second-order valence-corrected chi connectivity index (χ2v) is 19.5. The van der Waals surface area contributed by atoms with Crippen LogP contribution in [0.1, 0.15) is 219 Å². The summed E-state index contributed by atoms with van der Waals surface area (Å²) in [5.41, 5.74) is 0. The summed E-state index contributed by atoms with van der Waals surface area (Å²) in [6, 6.07) is 0. The molecule has 0 amide bonds. The number of allylic oxidation sites excluding steroid dienone is 14. The summed E-state index contributed by atoms with van der Waals surface area (Å²) in [5, 5.41) is 9.68. The summed E-state index contributed by atoms with van der Waals surface area (Å²) in [4.78, 5) is 37.3. The SMILES string of the molecule is CC/C=C\C/C=C\C/C=C\C/C=C\C/C=C\CCCCCCCCCCCCCCCC(=O)OC(COC(=O)CCCCCCC/C=C\C/C=C\CCCCC)COC(OCC[N+](C)(C)C)C(=O)O. The van der Waals surface area contributed by atoms with Crippen LogP contribution in [0.5, 0.6) is 0 Å². The Morgan fingerprint density at radius 1 is 0.449 bits per heavy atom. The molecule has 0 aliphatic rings. The van der Waals surface area contributed by atoms with Crippen LogP contribution < -0.4 is 0 Å². The fourth-order valence-electron chi connectivity index (χ4n) is 7.36. The molecule has 0 fully saturated rings. The lowest BCUT2D eigenvalue weighted by Crippen LogP contribution is -2.40. The third-order valence-corrected chi connectivity index (χ3v) is 11.6. The van der Waals surface area contributed by atoms with Crippen LogP contribution in [-0.2, 0) is 33.3 Å². The van der Waals surface area contributed by atoms with Gasteiger partial charge < -0.3 is 28.5 Å². The Bertz CT molecular complexity index is 1400. The zero-order chi connectivity index (χ0) is 50.6. The van der Waals surface area contributed by atoms with Crippen molar-refractivity contribution in [2.45, 2.75) is 232 Å². The number of hydrogen-bond acceptors (Lipinski definition) is 7. The molecule has 9 nitrogen and oxygen atoms in total. The number of unbranched alkanes of at least 4 members (excludes halogenated alkanes) is 21. The standard InChI is InChI=1S/C60H103NO8/c1-6-8-10-12-14-16-18-20-22-23-24-25-26-27-28-29-30-31-32-33-34-35-37-39-41-43-45-47-49-51-58(63)69-56(55-68-60(59(64)65)66-53-52-61(3,4)5)54-67-57(62)50-48-46-44-42-40-38-36-21-19-17-15-13-11-9-7-2/h8,10,14-17,20-22,24-25,27-28,36,56,60H,6-7,9,11-13,18-19,23,26,29-35,37-55H2,1-5H3/p+1/b10-8-,16-14-,17-15-,22-20-,25-24-,28-27-,36-21-. The zero-order valence-electron chi connectivity index (χ0n) is 44.9. The maximum Gasteiger partial charge on any atom is 0.361 e. The fraction of sp³-hybridized carbons (Fsp3) is 0.717. The molecule has 0 heterocycles. The quantitative estimate of drug-likeness (QED) is 0.0211. The second kappa shape index (κ2) is 50.8. The van der Waals surface area contributed by atoms with Gasteiger partial charge in [-0.25, -0.2) is 4.79 Å². The Hall–Kier alpha value is -3.53. The van der Waals surface area contributed by atoms with Crippen molar-refractivity contribution in [1.29, 1.82) is 0 Å². The van der Waals surface area contributed by atoms with Crippen LogP contribution >= 0.6 is 0 Å². The van der Waals surface area contributed by atoms with E-state index in [1.807, 2.05) is 21.1 Å². The van der Waals surface area contributed by atoms with Crippen LogP contribution in [0.25, 0.3) is 0 Å². The smallest absolute Gasteiger partial charge is 0.361 e. The van der Waals surface area contributed by atoms with Gasteiger partial charge in [-0.1, -0.05) is 202 Å². The van der Waals surface area contributed by atoms with Gasteiger partial charge in [-0.2, -0.15) is 0 Å². The van der Waals surface area contributed by atoms with Crippen LogP contribution in [0.2, 0.25) is 0 Å². The number of carboxylic acid groups (broad SMARTS) is 1. The van der Waals surface area contributed by atoms with Gasteiger partial charge in [-0.05, 0) is 89.9 Å². The first-order chi connectivity index (χ1) is 33.6. The van der Waals surface area contributed by atoms with E-state index >= 15 is 0 Å². The molecule has 0 aromatic heterocycles. The molecule has 0 saturated heterocycles. The summed E-state index contributed by atoms with van der Waals surface area (Å²) < 4.78 is 22.8. The number of hydrogen-bond donors (Lipinski definition) is 1. The fourth-order valence-corrected chi connectivity index (χ4v) is 7.36. The van der Waals surface area contributed by atoms with Crippen molar-refractivity contribution in [3.63, 3.8) is 0 Å². The molecule has 0 aromatic rings. The van der Waals surface area contributed by atoms with E-state index in [4.69, 9.17) is 18.9 Å². The van der Waals surface area contributed by atoms with Crippen LogP contribution in [0.3, 0.4) is 0 Å². The molecule has 69 heavy (non-hydrogen) atoms. The lowest BCUT2D eigenvalue weighted by Gasteiger charge is -2.25. The Morgan fingerprint density at radius 2 is 0.826 bits per heavy atom. The first-order valence-electron chi connectivity index (χ1n) is 27.8. The number of carboxylic acids is 1. The summed E-state index contributed by atoms with van der Waals surface area (Å²) in [7, 11) is 5.96. The molecule has 1 N–H and O–H groups in total. The summed E-state index contributed by atoms with van der Waals surface area (Å²) in [6.45, 7) is 4.72. The molecule has 0 radical (unpaired) electrons. The summed E-state index contributed by atoms with van der Waals surface area (Å²) >= 11 is 0.